The normalized spacial score (nSPS) is 17.9. The summed E-state index contributed by atoms with van der Waals surface area (Å²) in [6.07, 6.45) is 5.80. The fourth-order valence-corrected chi connectivity index (χ4v) is 1.76. The third-order valence-electron chi connectivity index (χ3n) is 2.59. The van der Waals surface area contributed by atoms with Crippen LogP contribution in [0, 0.1) is 5.53 Å². The summed E-state index contributed by atoms with van der Waals surface area (Å²) in [4.78, 5) is 12.9. The van der Waals surface area contributed by atoms with E-state index in [1.165, 1.54) is 19.3 Å². The van der Waals surface area contributed by atoms with Gasteiger partial charge in [0.2, 0.25) is 0 Å². The summed E-state index contributed by atoms with van der Waals surface area (Å²) >= 11 is 0. The van der Waals surface area contributed by atoms with Crippen molar-refractivity contribution in [2.75, 3.05) is 7.05 Å². The van der Waals surface area contributed by atoms with E-state index in [0.717, 1.165) is 12.8 Å². The summed E-state index contributed by atoms with van der Waals surface area (Å²) < 4.78 is 0. The first-order valence-electron chi connectivity index (χ1n) is 4.65. The lowest BCUT2D eigenvalue weighted by Gasteiger charge is -2.30. The van der Waals surface area contributed by atoms with E-state index in [2.05, 4.69) is 10.6 Å². The molecule has 1 rings (SSSR count). The highest BCUT2D eigenvalue weighted by atomic mass is 16.2. The lowest BCUT2D eigenvalue weighted by atomic mass is 9.95. The average Bonchev–Trinajstić information content (AvgIpc) is 2.18. The zero-order valence-electron chi connectivity index (χ0n) is 7.92. The molecule has 0 unspecified atom stereocenters. The molecule has 1 aliphatic carbocycles. The number of nitrogens with one attached hydrogen (secondary N) is 2. The molecule has 0 radical (unpaired) electrons. The van der Waals surface area contributed by atoms with Crippen LogP contribution in [0.5, 0.6) is 0 Å². The molecule has 0 aromatic heterocycles. The van der Waals surface area contributed by atoms with Crippen LogP contribution in [0.2, 0.25) is 0 Å². The van der Waals surface area contributed by atoms with E-state index in [-0.39, 0.29) is 6.03 Å². The SMILES string of the molecule is CN(C(=O)NN=N)C1CCCCC1. The average molecular weight is 184 g/mol. The van der Waals surface area contributed by atoms with Gasteiger partial charge in [-0.3, -0.25) is 0 Å². The van der Waals surface area contributed by atoms with Crippen molar-refractivity contribution in [3.8, 4) is 0 Å². The Bertz CT molecular complexity index is 189. The van der Waals surface area contributed by atoms with Crippen molar-refractivity contribution in [1.82, 2.24) is 10.3 Å². The number of nitrogens with zero attached hydrogens (tertiary/aromatic N) is 2. The molecule has 0 aromatic rings. The smallest absolute Gasteiger partial charge is 0.323 e. The molecule has 74 valence electrons. The number of hydrogen-bond acceptors (Lipinski definition) is 3. The van der Waals surface area contributed by atoms with Gasteiger partial charge < -0.3 is 4.90 Å². The van der Waals surface area contributed by atoms with E-state index >= 15 is 0 Å². The summed E-state index contributed by atoms with van der Waals surface area (Å²) in [6.45, 7) is 0. The molecule has 0 aromatic carbocycles. The lowest BCUT2D eigenvalue weighted by Crippen LogP contribution is -2.42. The Balaban J connectivity index is 2.39. The first-order chi connectivity index (χ1) is 6.25. The number of amides is 2. The molecule has 1 saturated carbocycles. The first-order valence-corrected chi connectivity index (χ1v) is 4.65. The maximum absolute atomic E-state index is 11.2. The fraction of sp³-hybridized carbons (Fsp3) is 0.875. The van der Waals surface area contributed by atoms with Crippen molar-refractivity contribution in [2.24, 2.45) is 5.22 Å². The largest absolute Gasteiger partial charge is 0.339 e. The van der Waals surface area contributed by atoms with Crippen molar-refractivity contribution in [2.45, 2.75) is 38.1 Å². The van der Waals surface area contributed by atoms with E-state index in [0.29, 0.717) is 6.04 Å². The second-order valence-corrected chi connectivity index (χ2v) is 3.43. The van der Waals surface area contributed by atoms with Gasteiger partial charge in [-0.15, -0.1) is 0 Å². The van der Waals surface area contributed by atoms with Gasteiger partial charge in [-0.1, -0.05) is 24.5 Å². The van der Waals surface area contributed by atoms with Gasteiger partial charge in [0.15, 0.2) is 0 Å². The Hall–Kier alpha value is -1.13. The highest BCUT2D eigenvalue weighted by Gasteiger charge is 2.21. The van der Waals surface area contributed by atoms with Gasteiger partial charge >= 0.3 is 6.03 Å². The number of carbonyl (C=O) groups excluding carboxylic acids is 1. The molecule has 0 bridgehead atoms. The van der Waals surface area contributed by atoms with Gasteiger partial charge in [0, 0.05) is 13.1 Å². The summed E-state index contributed by atoms with van der Waals surface area (Å²) in [5.41, 5.74) is 8.63. The quantitative estimate of drug-likeness (QED) is 0.499. The predicted octanol–water partition coefficient (Wildman–Crippen LogP) is 1.91. The van der Waals surface area contributed by atoms with Crippen molar-refractivity contribution in [1.29, 1.82) is 5.53 Å². The van der Waals surface area contributed by atoms with Crippen LogP contribution < -0.4 is 5.43 Å². The van der Waals surface area contributed by atoms with Crippen molar-refractivity contribution >= 4 is 6.03 Å². The fourth-order valence-electron chi connectivity index (χ4n) is 1.76. The molecule has 1 aliphatic rings. The van der Waals surface area contributed by atoms with Crippen LogP contribution in [-0.2, 0) is 0 Å². The Kier molecular flexibility index (Phi) is 3.67. The van der Waals surface area contributed by atoms with Crippen molar-refractivity contribution < 1.29 is 4.79 Å². The second kappa shape index (κ2) is 4.79. The zero-order valence-corrected chi connectivity index (χ0v) is 7.92. The van der Waals surface area contributed by atoms with Crippen LogP contribution in [0.4, 0.5) is 4.79 Å². The van der Waals surface area contributed by atoms with Crippen LogP contribution in [0.25, 0.3) is 0 Å². The van der Waals surface area contributed by atoms with Gasteiger partial charge in [0.25, 0.3) is 0 Å². The Morgan fingerprint density at radius 3 is 2.62 bits per heavy atom. The molecule has 2 amide bonds. The zero-order chi connectivity index (χ0) is 9.68. The predicted molar refractivity (Wildman–Crippen MR) is 48.3 cm³/mol. The minimum absolute atomic E-state index is 0.276. The molecule has 0 saturated heterocycles. The number of urea groups is 1. The Labute approximate surface area is 78.0 Å². The molecule has 0 aliphatic heterocycles. The third-order valence-corrected chi connectivity index (χ3v) is 2.59. The maximum Gasteiger partial charge on any atom is 0.339 e. The van der Waals surface area contributed by atoms with Crippen molar-refractivity contribution in [3.05, 3.63) is 0 Å². The molecule has 0 spiro atoms. The Morgan fingerprint density at radius 2 is 2.08 bits per heavy atom. The molecule has 13 heavy (non-hydrogen) atoms. The second-order valence-electron chi connectivity index (χ2n) is 3.43. The van der Waals surface area contributed by atoms with E-state index < -0.39 is 0 Å². The van der Waals surface area contributed by atoms with Crippen LogP contribution in [0.3, 0.4) is 0 Å². The molecule has 0 heterocycles. The van der Waals surface area contributed by atoms with Gasteiger partial charge in [-0.2, -0.15) is 5.53 Å². The van der Waals surface area contributed by atoms with Crippen LogP contribution in [0.15, 0.2) is 5.22 Å². The molecule has 0 atom stereocenters. The molecular formula is C8H16N4O. The minimum atomic E-state index is -0.276. The molecular weight excluding hydrogens is 168 g/mol. The third kappa shape index (κ3) is 2.68. The summed E-state index contributed by atoms with van der Waals surface area (Å²) in [5.74, 6) is 0. The van der Waals surface area contributed by atoms with Crippen LogP contribution in [0.1, 0.15) is 32.1 Å². The van der Waals surface area contributed by atoms with Gasteiger partial charge in [0.05, 0.1) is 0 Å². The first kappa shape index (κ1) is 9.95. The molecule has 2 N–H and O–H groups in total. The van der Waals surface area contributed by atoms with Gasteiger partial charge in [-0.05, 0) is 12.8 Å². The molecule has 1 fully saturated rings. The van der Waals surface area contributed by atoms with Crippen molar-refractivity contribution in [3.63, 3.8) is 0 Å². The van der Waals surface area contributed by atoms with E-state index in [1.807, 2.05) is 0 Å². The van der Waals surface area contributed by atoms with Gasteiger partial charge in [-0.25, -0.2) is 10.2 Å². The summed E-state index contributed by atoms with van der Waals surface area (Å²) in [6, 6.07) is 0.0531. The van der Waals surface area contributed by atoms with Gasteiger partial charge in [0.1, 0.15) is 0 Å². The molecule has 5 heteroatoms. The van der Waals surface area contributed by atoms with Crippen LogP contribution >= 0.6 is 0 Å². The van der Waals surface area contributed by atoms with E-state index in [4.69, 9.17) is 5.53 Å². The van der Waals surface area contributed by atoms with E-state index in [1.54, 1.807) is 11.9 Å². The highest BCUT2D eigenvalue weighted by Crippen LogP contribution is 2.21. The number of hydrogen-bond donors (Lipinski definition) is 2. The standard InChI is InChI=1S/C8H16N4O/c1-12(8(13)10-11-9)7-5-3-2-4-6-7/h7H,2-6H2,1H3,(H2,9,10,13). The topological polar surface area (TPSA) is 68.6 Å². The monoisotopic (exact) mass is 184 g/mol. The number of rotatable bonds is 2. The van der Waals surface area contributed by atoms with E-state index in [9.17, 15) is 4.79 Å². The molecule has 5 nitrogen and oxygen atoms in total. The number of carbonyl (C=O) groups is 1. The minimum Gasteiger partial charge on any atom is -0.323 e. The van der Waals surface area contributed by atoms with Crippen LogP contribution in [-0.4, -0.2) is 24.0 Å². The lowest BCUT2D eigenvalue weighted by molar-refractivity contribution is 0.173. The summed E-state index contributed by atoms with van der Waals surface area (Å²) in [5, 5.41) is 2.86. The summed E-state index contributed by atoms with van der Waals surface area (Å²) in [7, 11) is 1.76. The Morgan fingerprint density at radius 1 is 1.46 bits per heavy atom. The maximum atomic E-state index is 11.2. The highest BCUT2D eigenvalue weighted by molar-refractivity contribution is 5.73.